The molecular formula is C8H4ClF2N3O2. The number of halogens is 3. The van der Waals surface area contributed by atoms with Crippen LogP contribution in [0.25, 0.3) is 0 Å². The molecule has 0 aliphatic carbocycles. The largest absolute Gasteiger partial charge is 0.382 e. The number of hydrogen-bond donors (Lipinski definition) is 0. The van der Waals surface area contributed by atoms with E-state index in [0.29, 0.717) is 0 Å². The highest BCUT2D eigenvalue weighted by atomic mass is 35.5. The number of rotatable bonds is 3. The fraction of sp³-hybridized carbons (Fsp3) is 0.250. The molecule has 0 bridgehead atoms. The zero-order valence-electron chi connectivity index (χ0n) is 7.65. The summed E-state index contributed by atoms with van der Waals surface area (Å²) < 4.78 is 24.7. The van der Waals surface area contributed by atoms with Crippen molar-refractivity contribution in [1.29, 1.82) is 5.26 Å². The van der Waals surface area contributed by atoms with Crippen LogP contribution in [0.3, 0.4) is 0 Å². The van der Waals surface area contributed by atoms with Crippen LogP contribution in [0.5, 0.6) is 0 Å². The van der Waals surface area contributed by atoms with Gasteiger partial charge in [-0.15, -0.1) is 11.6 Å². The lowest BCUT2D eigenvalue weighted by atomic mass is 10.1. The molecule has 0 radical (unpaired) electrons. The highest BCUT2D eigenvalue weighted by Crippen LogP contribution is 2.26. The number of alkyl halides is 3. The molecule has 1 aromatic heterocycles. The summed E-state index contributed by atoms with van der Waals surface area (Å²) in [7, 11) is 0. The maximum absolute atomic E-state index is 12.4. The first-order valence-corrected chi connectivity index (χ1v) is 4.47. The van der Waals surface area contributed by atoms with Crippen LogP contribution in [0, 0.1) is 21.4 Å². The van der Waals surface area contributed by atoms with Crippen LogP contribution in [0.2, 0.25) is 0 Å². The highest BCUT2D eigenvalue weighted by Gasteiger charge is 2.26. The Kier molecular flexibility index (Phi) is 3.68. The van der Waals surface area contributed by atoms with E-state index in [2.05, 4.69) is 4.98 Å². The molecule has 0 fully saturated rings. The monoisotopic (exact) mass is 247 g/mol. The van der Waals surface area contributed by atoms with Gasteiger partial charge in [-0.2, -0.15) is 5.26 Å². The highest BCUT2D eigenvalue weighted by molar-refractivity contribution is 6.17. The average Bonchev–Trinajstić information content (AvgIpc) is 2.26. The number of pyridine rings is 1. The SMILES string of the molecule is N#Cc1c(CCl)cc(C(F)F)nc1[N+](=O)[O-]. The molecule has 0 aromatic carbocycles. The van der Waals surface area contributed by atoms with E-state index < -0.39 is 22.9 Å². The predicted molar refractivity (Wildman–Crippen MR) is 50.1 cm³/mol. The van der Waals surface area contributed by atoms with Crippen LogP contribution in [0.1, 0.15) is 23.2 Å². The summed E-state index contributed by atoms with van der Waals surface area (Å²) in [6, 6.07) is 2.42. The van der Waals surface area contributed by atoms with Crippen LogP contribution in [-0.2, 0) is 5.88 Å². The van der Waals surface area contributed by atoms with E-state index in [1.54, 1.807) is 0 Å². The van der Waals surface area contributed by atoms with Crippen molar-refractivity contribution >= 4 is 17.4 Å². The first-order valence-electron chi connectivity index (χ1n) is 3.93. The van der Waals surface area contributed by atoms with Crippen LogP contribution < -0.4 is 0 Å². The van der Waals surface area contributed by atoms with Crippen molar-refractivity contribution in [3.05, 3.63) is 33.0 Å². The molecular weight excluding hydrogens is 244 g/mol. The van der Waals surface area contributed by atoms with Gasteiger partial charge >= 0.3 is 12.2 Å². The smallest absolute Gasteiger partial charge is 0.358 e. The van der Waals surface area contributed by atoms with Gasteiger partial charge in [0, 0.05) is 5.88 Å². The topological polar surface area (TPSA) is 79.8 Å². The Labute approximate surface area is 93.4 Å². The summed E-state index contributed by atoms with van der Waals surface area (Å²) in [6.07, 6.45) is -2.95. The van der Waals surface area contributed by atoms with Gasteiger partial charge < -0.3 is 10.1 Å². The van der Waals surface area contributed by atoms with Crippen LogP contribution >= 0.6 is 11.6 Å². The standard InChI is InChI=1S/C8H4ClF2N3O2/c9-2-4-1-6(7(10)11)13-8(14(15)16)5(4)3-12/h1,7H,2H2. The van der Waals surface area contributed by atoms with Gasteiger partial charge in [-0.05, 0) is 21.5 Å². The molecule has 0 saturated heterocycles. The van der Waals surface area contributed by atoms with Crippen LogP contribution in [0.15, 0.2) is 6.07 Å². The van der Waals surface area contributed by atoms with Crippen molar-refractivity contribution in [1.82, 2.24) is 4.98 Å². The van der Waals surface area contributed by atoms with Crippen molar-refractivity contribution < 1.29 is 13.7 Å². The summed E-state index contributed by atoms with van der Waals surface area (Å²) in [4.78, 5) is 12.7. The summed E-state index contributed by atoms with van der Waals surface area (Å²) in [5.41, 5.74) is -1.17. The molecule has 0 amide bonds. The second-order valence-corrected chi connectivity index (χ2v) is 2.98. The summed E-state index contributed by atoms with van der Waals surface area (Å²) in [5, 5.41) is 19.2. The maximum atomic E-state index is 12.4. The van der Waals surface area contributed by atoms with Crippen molar-refractivity contribution in [2.75, 3.05) is 0 Å². The Morgan fingerprint density at radius 3 is 2.69 bits per heavy atom. The Morgan fingerprint density at radius 1 is 1.69 bits per heavy atom. The van der Waals surface area contributed by atoms with Crippen molar-refractivity contribution in [2.24, 2.45) is 0 Å². The molecule has 5 nitrogen and oxygen atoms in total. The zero-order valence-corrected chi connectivity index (χ0v) is 8.41. The van der Waals surface area contributed by atoms with Gasteiger partial charge in [0.25, 0.3) is 0 Å². The number of nitro groups is 1. The molecule has 1 heterocycles. The summed E-state index contributed by atoms with van der Waals surface area (Å²) in [6.45, 7) is 0. The van der Waals surface area contributed by atoms with E-state index in [0.717, 1.165) is 6.07 Å². The summed E-state index contributed by atoms with van der Waals surface area (Å²) >= 11 is 5.42. The molecule has 1 aromatic rings. The molecule has 8 heteroatoms. The minimum atomic E-state index is -2.95. The number of aromatic nitrogens is 1. The van der Waals surface area contributed by atoms with Gasteiger partial charge in [0.1, 0.15) is 6.07 Å². The fourth-order valence-corrected chi connectivity index (χ4v) is 1.29. The normalized spacial score (nSPS) is 10.2. The zero-order chi connectivity index (χ0) is 12.3. The molecule has 0 unspecified atom stereocenters. The molecule has 16 heavy (non-hydrogen) atoms. The van der Waals surface area contributed by atoms with Gasteiger partial charge in [-0.3, -0.25) is 0 Å². The van der Waals surface area contributed by atoms with E-state index in [1.165, 1.54) is 6.07 Å². The molecule has 0 saturated carbocycles. The van der Waals surface area contributed by atoms with E-state index in [4.69, 9.17) is 16.9 Å². The number of hydrogen-bond acceptors (Lipinski definition) is 4. The minimum Gasteiger partial charge on any atom is -0.358 e. The van der Waals surface area contributed by atoms with Gasteiger partial charge in [-0.1, -0.05) is 0 Å². The van der Waals surface area contributed by atoms with Crippen LogP contribution in [-0.4, -0.2) is 9.91 Å². The lowest BCUT2D eigenvalue weighted by molar-refractivity contribution is -0.390. The summed E-state index contributed by atoms with van der Waals surface area (Å²) in [5.74, 6) is -1.16. The van der Waals surface area contributed by atoms with E-state index in [1.807, 2.05) is 0 Å². The molecule has 0 aliphatic rings. The van der Waals surface area contributed by atoms with Gasteiger partial charge in [0.2, 0.25) is 5.69 Å². The lowest BCUT2D eigenvalue weighted by Gasteiger charge is -2.02. The third-order valence-electron chi connectivity index (χ3n) is 1.75. The van der Waals surface area contributed by atoms with Gasteiger partial charge in [-0.25, -0.2) is 8.78 Å². The molecule has 1 rings (SSSR count). The second kappa shape index (κ2) is 4.81. The van der Waals surface area contributed by atoms with Crippen molar-refractivity contribution in [3.8, 4) is 6.07 Å². The number of nitrogens with zero attached hydrogens (tertiary/aromatic N) is 3. The fourth-order valence-electron chi connectivity index (χ4n) is 1.08. The van der Waals surface area contributed by atoms with Gasteiger partial charge in [0.15, 0.2) is 5.56 Å². The predicted octanol–water partition coefficient (Wildman–Crippen LogP) is 2.54. The van der Waals surface area contributed by atoms with Crippen molar-refractivity contribution in [2.45, 2.75) is 12.3 Å². The first-order chi connectivity index (χ1) is 7.51. The molecule has 0 spiro atoms. The number of nitriles is 1. The molecule has 0 atom stereocenters. The third kappa shape index (κ3) is 2.23. The quantitative estimate of drug-likeness (QED) is 0.467. The average molecular weight is 248 g/mol. The third-order valence-corrected chi connectivity index (χ3v) is 2.04. The van der Waals surface area contributed by atoms with Gasteiger partial charge in [0.05, 0.1) is 0 Å². The van der Waals surface area contributed by atoms with E-state index >= 15 is 0 Å². The molecule has 0 aliphatic heterocycles. The van der Waals surface area contributed by atoms with E-state index in [9.17, 15) is 18.9 Å². The van der Waals surface area contributed by atoms with E-state index in [-0.39, 0.29) is 17.0 Å². The molecule has 0 N–H and O–H groups in total. The molecule has 84 valence electrons. The Bertz CT molecular complexity index is 473. The van der Waals surface area contributed by atoms with Crippen molar-refractivity contribution in [3.63, 3.8) is 0 Å². The van der Waals surface area contributed by atoms with Crippen LogP contribution in [0.4, 0.5) is 14.6 Å². The first kappa shape index (κ1) is 12.3. The Hall–Kier alpha value is -1.81. The minimum absolute atomic E-state index is 0.0267. The lowest BCUT2D eigenvalue weighted by Crippen LogP contribution is -2.03. The second-order valence-electron chi connectivity index (χ2n) is 2.71. The maximum Gasteiger partial charge on any atom is 0.382 e. The Morgan fingerprint density at radius 2 is 2.31 bits per heavy atom. The Balaban J connectivity index is 3.51.